The third kappa shape index (κ3) is 2.13. The number of aromatic hydroxyl groups is 1. The normalized spacial score (nSPS) is 18.3. The van der Waals surface area contributed by atoms with Crippen molar-refractivity contribution in [2.45, 2.75) is 12.5 Å². The maximum atomic E-state index is 9.28. The van der Waals surface area contributed by atoms with Gasteiger partial charge in [0.1, 0.15) is 18.1 Å². The molecule has 1 heterocycles. The van der Waals surface area contributed by atoms with Gasteiger partial charge in [-0.25, -0.2) is 0 Å². The number of rotatable bonds is 4. The van der Waals surface area contributed by atoms with Gasteiger partial charge in [0.15, 0.2) is 0 Å². The molecule has 80 valence electrons. The summed E-state index contributed by atoms with van der Waals surface area (Å²) < 4.78 is 5.47. The van der Waals surface area contributed by atoms with Gasteiger partial charge < -0.3 is 15.2 Å². The summed E-state index contributed by atoms with van der Waals surface area (Å²) in [4.78, 5) is 0. The molecule has 0 spiro atoms. The molecule has 1 atom stereocenters. The van der Waals surface area contributed by atoms with Gasteiger partial charge in [-0.05, 0) is 25.1 Å². The first kappa shape index (κ1) is 10.1. The van der Waals surface area contributed by atoms with Gasteiger partial charge in [0, 0.05) is 11.6 Å². The molecule has 1 aliphatic heterocycles. The van der Waals surface area contributed by atoms with Gasteiger partial charge >= 0.3 is 0 Å². The maximum absolute atomic E-state index is 9.28. The molecule has 2 N–H and O–H groups in total. The van der Waals surface area contributed by atoms with Crippen molar-refractivity contribution < 1.29 is 9.84 Å². The molecule has 0 aliphatic carbocycles. The molecule has 0 fully saturated rings. The third-order valence-corrected chi connectivity index (χ3v) is 2.52. The molecule has 0 amide bonds. The fourth-order valence-electron chi connectivity index (χ4n) is 1.73. The van der Waals surface area contributed by atoms with E-state index >= 15 is 0 Å². The van der Waals surface area contributed by atoms with Crippen LogP contribution in [0.1, 0.15) is 18.0 Å². The molecule has 1 aliphatic rings. The average molecular weight is 205 g/mol. The summed E-state index contributed by atoms with van der Waals surface area (Å²) in [6.45, 7) is 5.21. The molecule has 3 heteroatoms. The average Bonchev–Trinajstić information content (AvgIpc) is 2.61. The first-order valence-electron chi connectivity index (χ1n) is 5.11. The molecule has 2 rings (SSSR count). The fourth-order valence-corrected chi connectivity index (χ4v) is 1.73. The molecule has 15 heavy (non-hydrogen) atoms. The Morgan fingerprint density at radius 3 is 3.27 bits per heavy atom. The quantitative estimate of drug-likeness (QED) is 0.583. The van der Waals surface area contributed by atoms with Crippen LogP contribution in [-0.4, -0.2) is 18.3 Å². The molecule has 1 aromatic carbocycles. The zero-order valence-corrected chi connectivity index (χ0v) is 8.57. The molecule has 0 saturated heterocycles. The van der Waals surface area contributed by atoms with Crippen molar-refractivity contribution in [2.24, 2.45) is 0 Å². The van der Waals surface area contributed by atoms with E-state index in [1.54, 1.807) is 12.1 Å². The minimum atomic E-state index is 0.237. The van der Waals surface area contributed by atoms with Crippen LogP contribution in [0.2, 0.25) is 0 Å². The molecular weight excluding hydrogens is 190 g/mol. The van der Waals surface area contributed by atoms with Crippen molar-refractivity contribution in [1.82, 2.24) is 5.32 Å². The monoisotopic (exact) mass is 205 g/mol. The lowest BCUT2D eigenvalue weighted by molar-refractivity contribution is 0.311. The van der Waals surface area contributed by atoms with E-state index in [-0.39, 0.29) is 11.8 Å². The Bertz CT molecular complexity index is 363. The summed E-state index contributed by atoms with van der Waals surface area (Å²) in [6.07, 6.45) is 2.84. The van der Waals surface area contributed by atoms with Gasteiger partial charge in [0.2, 0.25) is 0 Å². The van der Waals surface area contributed by atoms with Crippen LogP contribution in [0.4, 0.5) is 0 Å². The number of phenolic OH excluding ortho intramolecular Hbond substituents is 1. The Labute approximate surface area is 89.4 Å². The van der Waals surface area contributed by atoms with Gasteiger partial charge in [-0.1, -0.05) is 6.08 Å². The minimum absolute atomic E-state index is 0.237. The van der Waals surface area contributed by atoms with E-state index in [1.807, 2.05) is 12.1 Å². The van der Waals surface area contributed by atoms with Crippen molar-refractivity contribution in [1.29, 1.82) is 0 Å². The van der Waals surface area contributed by atoms with Crippen LogP contribution in [0.25, 0.3) is 0 Å². The van der Waals surface area contributed by atoms with Crippen molar-refractivity contribution >= 4 is 0 Å². The number of ether oxygens (including phenoxy) is 1. The van der Waals surface area contributed by atoms with Crippen molar-refractivity contribution in [2.75, 3.05) is 13.2 Å². The fraction of sp³-hybridized carbons (Fsp3) is 0.333. The van der Waals surface area contributed by atoms with Crippen molar-refractivity contribution in [3.8, 4) is 11.5 Å². The minimum Gasteiger partial charge on any atom is -0.508 e. The summed E-state index contributed by atoms with van der Waals surface area (Å²) in [5.41, 5.74) is 1.12. The highest BCUT2D eigenvalue weighted by atomic mass is 16.5. The number of benzene rings is 1. The van der Waals surface area contributed by atoms with E-state index in [0.29, 0.717) is 6.61 Å². The highest BCUT2D eigenvalue weighted by molar-refractivity contribution is 5.44. The standard InChI is InChI=1S/C12H15NO2/c1-2-3-6-13-11-8-15-12-7-9(14)4-5-10(11)12/h2,4-5,7,11,13-14H,1,3,6,8H2. The lowest BCUT2D eigenvalue weighted by Crippen LogP contribution is -2.23. The van der Waals surface area contributed by atoms with Gasteiger partial charge in [-0.2, -0.15) is 0 Å². The number of phenols is 1. The molecule has 0 bridgehead atoms. The van der Waals surface area contributed by atoms with E-state index in [4.69, 9.17) is 4.74 Å². The largest absolute Gasteiger partial charge is 0.508 e. The first-order chi connectivity index (χ1) is 7.31. The molecule has 0 saturated carbocycles. The summed E-state index contributed by atoms with van der Waals surface area (Å²) in [7, 11) is 0. The highest BCUT2D eigenvalue weighted by Gasteiger charge is 2.23. The molecular formula is C12H15NO2. The van der Waals surface area contributed by atoms with Crippen LogP contribution in [-0.2, 0) is 0 Å². The molecule has 0 aromatic heterocycles. The van der Waals surface area contributed by atoms with Crippen LogP contribution in [0.5, 0.6) is 11.5 Å². The predicted octanol–water partition coefficient (Wildman–Crippen LogP) is 1.99. The van der Waals surface area contributed by atoms with Gasteiger partial charge in [-0.3, -0.25) is 0 Å². The van der Waals surface area contributed by atoms with Crippen LogP contribution in [0.3, 0.4) is 0 Å². The maximum Gasteiger partial charge on any atom is 0.127 e. The first-order valence-corrected chi connectivity index (χ1v) is 5.11. The summed E-state index contributed by atoms with van der Waals surface area (Å²) in [5, 5.41) is 12.7. The van der Waals surface area contributed by atoms with E-state index in [9.17, 15) is 5.11 Å². The van der Waals surface area contributed by atoms with E-state index in [2.05, 4.69) is 11.9 Å². The topological polar surface area (TPSA) is 41.5 Å². The Balaban J connectivity index is 2.04. The van der Waals surface area contributed by atoms with E-state index in [1.165, 1.54) is 0 Å². The Morgan fingerprint density at radius 2 is 2.47 bits per heavy atom. The summed E-state index contributed by atoms with van der Waals surface area (Å²) >= 11 is 0. The molecule has 1 unspecified atom stereocenters. The smallest absolute Gasteiger partial charge is 0.127 e. The van der Waals surface area contributed by atoms with Crippen molar-refractivity contribution in [3.63, 3.8) is 0 Å². The SMILES string of the molecule is C=CCCNC1COc2cc(O)ccc21. The molecule has 1 aromatic rings. The highest BCUT2D eigenvalue weighted by Crippen LogP contribution is 2.34. The van der Waals surface area contributed by atoms with Crippen LogP contribution < -0.4 is 10.1 Å². The lowest BCUT2D eigenvalue weighted by atomic mass is 10.1. The second-order valence-electron chi connectivity index (χ2n) is 3.62. The van der Waals surface area contributed by atoms with Gasteiger partial charge in [-0.15, -0.1) is 6.58 Å². The number of hydrogen-bond donors (Lipinski definition) is 2. The number of nitrogens with one attached hydrogen (secondary N) is 1. The summed E-state index contributed by atoms with van der Waals surface area (Å²) in [5.74, 6) is 1.03. The Kier molecular flexibility index (Phi) is 2.92. The summed E-state index contributed by atoms with van der Waals surface area (Å²) in [6, 6.07) is 5.49. The third-order valence-electron chi connectivity index (χ3n) is 2.52. The Morgan fingerprint density at radius 1 is 1.60 bits per heavy atom. The van der Waals surface area contributed by atoms with Gasteiger partial charge in [0.25, 0.3) is 0 Å². The van der Waals surface area contributed by atoms with E-state index in [0.717, 1.165) is 24.3 Å². The van der Waals surface area contributed by atoms with Gasteiger partial charge in [0.05, 0.1) is 6.04 Å². The number of hydrogen-bond acceptors (Lipinski definition) is 3. The second kappa shape index (κ2) is 4.36. The van der Waals surface area contributed by atoms with Crippen molar-refractivity contribution in [3.05, 3.63) is 36.4 Å². The van der Waals surface area contributed by atoms with Crippen LogP contribution in [0, 0.1) is 0 Å². The Hall–Kier alpha value is -1.48. The number of fused-ring (bicyclic) bond motifs is 1. The second-order valence-corrected chi connectivity index (χ2v) is 3.62. The molecule has 3 nitrogen and oxygen atoms in total. The zero-order valence-electron chi connectivity index (χ0n) is 8.57. The van der Waals surface area contributed by atoms with Crippen LogP contribution in [0.15, 0.2) is 30.9 Å². The van der Waals surface area contributed by atoms with Crippen LogP contribution >= 0.6 is 0 Å². The van der Waals surface area contributed by atoms with E-state index < -0.39 is 0 Å². The zero-order chi connectivity index (χ0) is 10.7. The lowest BCUT2D eigenvalue weighted by Gasteiger charge is -2.10. The predicted molar refractivity (Wildman–Crippen MR) is 59.2 cm³/mol. The molecule has 0 radical (unpaired) electrons.